The molecule has 0 unspecified atom stereocenters. The maximum Gasteiger partial charge on any atom is 0.573 e. The number of methoxy groups -OCH3 is 1. The third-order valence-corrected chi connectivity index (χ3v) is 5.96. The highest BCUT2D eigenvalue weighted by molar-refractivity contribution is 6.44. The van der Waals surface area contributed by atoms with Crippen molar-refractivity contribution in [1.29, 1.82) is 5.41 Å². The molecule has 1 saturated heterocycles. The number of hydrogen-bond donors (Lipinski definition) is 4. The highest BCUT2D eigenvalue weighted by Crippen LogP contribution is 2.31. The Morgan fingerprint density at radius 1 is 1.27 bits per heavy atom. The van der Waals surface area contributed by atoms with E-state index in [-0.39, 0.29) is 17.8 Å². The van der Waals surface area contributed by atoms with E-state index in [2.05, 4.69) is 26.9 Å². The molecule has 0 bridgehead atoms. The number of hydrogen-bond acceptors (Lipinski definition) is 8. The summed E-state index contributed by atoms with van der Waals surface area (Å²) >= 11 is 0. The molecule has 0 spiro atoms. The van der Waals surface area contributed by atoms with Gasteiger partial charge >= 0.3 is 6.36 Å². The number of halogens is 4. The van der Waals surface area contributed by atoms with E-state index in [1.807, 2.05) is 6.92 Å². The van der Waals surface area contributed by atoms with Crippen LogP contribution in [0.4, 0.5) is 28.9 Å². The second-order valence-corrected chi connectivity index (χ2v) is 8.60. The summed E-state index contributed by atoms with van der Waals surface area (Å²) in [5, 5.41) is 13.0. The minimum Gasteiger partial charge on any atom is -0.403 e. The average molecular weight is 567 g/mol. The SMILES string of the molecule is C=C1CN(C(=O)CNc2cnc(CC)cc2C(=N)C(N)=O)[C@H](C(=O)Nc2cccc(OC(F)(F)F)c2F)[C@@H]1OC. The number of ether oxygens (including phenoxy) is 2. The van der Waals surface area contributed by atoms with E-state index in [9.17, 15) is 31.9 Å². The Hall–Kier alpha value is -4.53. The average Bonchev–Trinajstić information content (AvgIpc) is 3.24. The zero-order valence-corrected chi connectivity index (χ0v) is 21.4. The number of aromatic nitrogens is 1. The van der Waals surface area contributed by atoms with Crippen molar-refractivity contribution in [2.24, 2.45) is 5.73 Å². The second-order valence-electron chi connectivity index (χ2n) is 8.60. The number of anilines is 2. The first-order valence-electron chi connectivity index (χ1n) is 11.7. The van der Waals surface area contributed by atoms with Gasteiger partial charge in [0, 0.05) is 24.9 Å². The number of carbonyl (C=O) groups excluding carboxylic acids is 3. The zero-order chi connectivity index (χ0) is 29.8. The van der Waals surface area contributed by atoms with Crippen molar-refractivity contribution in [3.8, 4) is 5.75 Å². The molecule has 1 aliphatic heterocycles. The monoisotopic (exact) mass is 566 g/mol. The Labute approximate surface area is 225 Å². The lowest BCUT2D eigenvalue weighted by Gasteiger charge is -2.27. The molecule has 214 valence electrons. The van der Waals surface area contributed by atoms with Gasteiger partial charge in [0.2, 0.25) is 11.8 Å². The molecule has 0 aliphatic carbocycles. The highest BCUT2D eigenvalue weighted by Gasteiger charge is 2.44. The number of nitrogens with zero attached hydrogens (tertiary/aromatic N) is 2. The molecule has 3 amide bonds. The molecule has 1 fully saturated rings. The Balaban J connectivity index is 1.82. The normalized spacial score (nSPS) is 16.9. The van der Waals surface area contributed by atoms with Gasteiger partial charge in [0.15, 0.2) is 11.6 Å². The topological polar surface area (TPSA) is 160 Å². The van der Waals surface area contributed by atoms with Crippen LogP contribution in [0, 0.1) is 11.2 Å². The molecule has 1 aromatic heterocycles. The van der Waals surface area contributed by atoms with Crippen LogP contribution in [-0.4, -0.2) is 72.0 Å². The molecule has 11 nitrogen and oxygen atoms in total. The number of carbonyl (C=O) groups is 3. The first kappa shape index (κ1) is 30.0. The lowest BCUT2D eigenvalue weighted by molar-refractivity contribution is -0.275. The maximum atomic E-state index is 14.6. The van der Waals surface area contributed by atoms with Crippen molar-refractivity contribution in [3.05, 3.63) is 59.7 Å². The fourth-order valence-electron chi connectivity index (χ4n) is 4.07. The Kier molecular flexibility index (Phi) is 9.09. The van der Waals surface area contributed by atoms with E-state index in [0.717, 1.165) is 23.1 Å². The van der Waals surface area contributed by atoms with E-state index in [1.54, 1.807) is 0 Å². The quantitative estimate of drug-likeness (QED) is 0.195. The zero-order valence-electron chi connectivity index (χ0n) is 21.4. The summed E-state index contributed by atoms with van der Waals surface area (Å²) in [5.74, 6) is -5.21. The standard InChI is InChI=1S/C25H26F4N6O5/c1-4-13-8-14(20(30)23(31)37)16(9-32-13)33-10-18(36)35-11-12(2)22(39-3)21(35)24(38)34-15-6-5-7-17(19(15)26)40-25(27,28)29/h5-9,21-22,30,33H,2,4,10-11H2,1,3H3,(H2,31,37)(H,34,38)/t21-,22+/m0/s1. The predicted octanol–water partition coefficient (Wildman–Crippen LogP) is 2.37. The minimum atomic E-state index is -5.16. The number of nitrogens with two attached hydrogens (primary N) is 1. The van der Waals surface area contributed by atoms with Gasteiger partial charge < -0.3 is 30.7 Å². The van der Waals surface area contributed by atoms with Crippen molar-refractivity contribution >= 4 is 34.8 Å². The largest absolute Gasteiger partial charge is 0.573 e. The predicted molar refractivity (Wildman–Crippen MR) is 135 cm³/mol. The molecule has 2 atom stereocenters. The smallest absolute Gasteiger partial charge is 0.403 e. The molecule has 1 aliphatic rings. The highest BCUT2D eigenvalue weighted by atomic mass is 19.4. The van der Waals surface area contributed by atoms with Crippen molar-refractivity contribution in [2.75, 3.05) is 30.8 Å². The summed E-state index contributed by atoms with van der Waals surface area (Å²) in [6, 6.07) is 2.94. The number of primary amides is 1. The molecule has 2 aromatic rings. The van der Waals surface area contributed by atoms with Crippen LogP contribution in [0.15, 0.2) is 42.6 Å². The Bertz CT molecular complexity index is 1350. The first-order valence-corrected chi connectivity index (χ1v) is 11.7. The number of aryl methyl sites for hydroxylation is 1. The van der Waals surface area contributed by atoms with E-state index in [0.29, 0.717) is 17.7 Å². The van der Waals surface area contributed by atoms with Crippen LogP contribution in [-0.2, 0) is 25.5 Å². The van der Waals surface area contributed by atoms with Gasteiger partial charge in [-0.05, 0) is 30.2 Å². The molecule has 15 heteroatoms. The van der Waals surface area contributed by atoms with Crippen molar-refractivity contribution < 1.29 is 41.4 Å². The van der Waals surface area contributed by atoms with Crippen LogP contribution in [0.3, 0.4) is 0 Å². The van der Waals surface area contributed by atoms with E-state index >= 15 is 0 Å². The molecule has 1 aromatic carbocycles. The van der Waals surface area contributed by atoms with Gasteiger partial charge in [-0.3, -0.25) is 24.8 Å². The molecular formula is C25H26F4N6O5. The number of pyridine rings is 1. The van der Waals surface area contributed by atoms with Crippen LogP contribution < -0.4 is 21.1 Å². The second kappa shape index (κ2) is 12.1. The van der Waals surface area contributed by atoms with Gasteiger partial charge in [0.25, 0.3) is 5.91 Å². The third kappa shape index (κ3) is 6.72. The minimum absolute atomic E-state index is 0.117. The van der Waals surface area contributed by atoms with Crippen molar-refractivity contribution in [1.82, 2.24) is 9.88 Å². The summed E-state index contributed by atoms with van der Waals surface area (Å²) in [7, 11) is 1.27. The number of alkyl halides is 3. The lowest BCUT2D eigenvalue weighted by atomic mass is 10.1. The third-order valence-electron chi connectivity index (χ3n) is 5.96. The van der Waals surface area contributed by atoms with Crippen LogP contribution in [0.25, 0.3) is 0 Å². The van der Waals surface area contributed by atoms with Gasteiger partial charge in [-0.15, -0.1) is 13.2 Å². The van der Waals surface area contributed by atoms with E-state index < -0.39 is 65.7 Å². The summed E-state index contributed by atoms with van der Waals surface area (Å²) < 4.78 is 61.4. The Morgan fingerprint density at radius 2 is 1.98 bits per heavy atom. The van der Waals surface area contributed by atoms with Gasteiger partial charge in [0.1, 0.15) is 17.9 Å². The van der Waals surface area contributed by atoms with Gasteiger partial charge in [-0.2, -0.15) is 0 Å². The van der Waals surface area contributed by atoms with Crippen LogP contribution in [0.1, 0.15) is 18.2 Å². The first-order chi connectivity index (χ1) is 18.8. The fourth-order valence-corrected chi connectivity index (χ4v) is 4.07. The van der Waals surface area contributed by atoms with Gasteiger partial charge in [0.05, 0.1) is 24.1 Å². The summed E-state index contributed by atoms with van der Waals surface area (Å²) in [6.07, 6.45) is -4.32. The lowest BCUT2D eigenvalue weighted by Crippen LogP contribution is -2.49. The van der Waals surface area contributed by atoms with Crippen LogP contribution in [0.2, 0.25) is 0 Å². The van der Waals surface area contributed by atoms with Crippen LogP contribution >= 0.6 is 0 Å². The van der Waals surface area contributed by atoms with Gasteiger partial charge in [-0.25, -0.2) is 4.39 Å². The summed E-state index contributed by atoms with van der Waals surface area (Å²) in [4.78, 5) is 43.3. The van der Waals surface area contributed by atoms with Gasteiger partial charge in [-0.1, -0.05) is 19.6 Å². The van der Waals surface area contributed by atoms with E-state index in [1.165, 1.54) is 19.4 Å². The molecular weight excluding hydrogens is 540 g/mol. The van der Waals surface area contributed by atoms with Crippen molar-refractivity contribution in [3.63, 3.8) is 0 Å². The summed E-state index contributed by atoms with van der Waals surface area (Å²) in [5.41, 5.74) is 5.35. The molecule has 3 rings (SSSR count). The number of amides is 3. The fraction of sp³-hybridized carbons (Fsp3) is 0.320. The maximum absolute atomic E-state index is 14.6. The number of benzene rings is 1. The number of rotatable bonds is 10. The van der Waals surface area contributed by atoms with E-state index in [4.69, 9.17) is 15.9 Å². The van der Waals surface area contributed by atoms with Crippen molar-refractivity contribution in [2.45, 2.75) is 31.9 Å². The Morgan fingerprint density at radius 3 is 2.58 bits per heavy atom. The molecule has 0 saturated carbocycles. The number of nitrogens with one attached hydrogen (secondary N) is 3. The molecule has 40 heavy (non-hydrogen) atoms. The molecule has 5 N–H and O–H groups in total. The summed E-state index contributed by atoms with van der Waals surface area (Å²) in [6.45, 7) is 5.09. The number of likely N-dealkylation sites (tertiary alicyclic amines) is 1. The van der Waals surface area contributed by atoms with Crippen LogP contribution in [0.5, 0.6) is 5.75 Å². The molecule has 2 heterocycles. The molecule has 0 radical (unpaired) electrons.